The van der Waals surface area contributed by atoms with Gasteiger partial charge in [0.25, 0.3) is 5.91 Å². The molecule has 0 spiro atoms. The van der Waals surface area contributed by atoms with Crippen LogP contribution in [0.5, 0.6) is 5.75 Å². The predicted octanol–water partition coefficient (Wildman–Crippen LogP) is 0.889. The maximum absolute atomic E-state index is 12.4. The summed E-state index contributed by atoms with van der Waals surface area (Å²) >= 11 is 0. The molecule has 7 nitrogen and oxygen atoms in total. The number of anilines is 1. The van der Waals surface area contributed by atoms with Crippen molar-refractivity contribution in [2.24, 2.45) is 0 Å². The Kier molecular flexibility index (Phi) is 4.56. The SMILES string of the molecule is CCN1C(=O)COc2ccc(S(=O)(=O)NC[C@H]3CCCO3)cc21. The van der Waals surface area contributed by atoms with Crippen LogP contribution in [-0.4, -0.2) is 46.7 Å². The van der Waals surface area contributed by atoms with Gasteiger partial charge < -0.3 is 14.4 Å². The fourth-order valence-corrected chi connectivity index (χ4v) is 3.87. The standard InChI is InChI=1S/C15H20N2O5S/c1-2-17-13-8-12(5-6-14(13)22-10-15(17)18)23(19,20)16-9-11-4-3-7-21-11/h5-6,8,11,16H,2-4,7,9-10H2,1H3/t11-/m1/s1. The quantitative estimate of drug-likeness (QED) is 0.860. The Morgan fingerprint density at radius 2 is 2.22 bits per heavy atom. The van der Waals surface area contributed by atoms with Gasteiger partial charge in [0.15, 0.2) is 6.61 Å². The third-order valence-corrected chi connectivity index (χ3v) is 5.45. The maximum Gasteiger partial charge on any atom is 0.265 e. The Balaban J connectivity index is 1.82. The highest BCUT2D eigenvalue weighted by Gasteiger charge is 2.27. The average Bonchev–Trinajstić information content (AvgIpc) is 3.06. The van der Waals surface area contributed by atoms with E-state index in [1.54, 1.807) is 6.07 Å². The highest BCUT2D eigenvalue weighted by molar-refractivity contribution is 7.89. The molecule has 126 valence electrons. The molecule has 0 aliphatic carbocycles. The lowest BCUT2D eigenvalue weighted by Crippen LogP contribution is -2.39. The monoisotopic (exact) mass is 340 g/mol. The number of likely N-dealkylation sites (N-methyl/N-ethyl adjacent to an activating group) is 1. The summed E-state index contributed by atoms with van der Waals surface area (Å²) in [6, 6.07) is 4.55. The molecule has 8 heteroatoms. The molecule has 0 radical (unpaired) electrons. The van der Waals surface area contributed by atoms with E-state index in [-0.39, 0.29) is 30.1 Å². The zero-order chi connectivity index (χ0) is 16.4. The molecule has 0 aromatic heterocycles. The van der Waals surface area contributed by atoms with Crippen LogP contribution in [0.25, 0.3) is 0 Å². The lowest BCUT2D eigenvalue weighted by atomic mass is 10.2. The van der Waals surface area contributed by atoms with E-state index in [9.17, 15) is 13.2 Å². The van der Waals surface area contributed by atoms with Crippen LogP contribution in [0.4, 0.5) is 5.69 Å². The molecule has 0 saturated carbocycles. The van der Waals surface area contributed by atoms with Crippen LogP contribution in [0.1, 0.15) is 19.8 Å². The summed E-state index contributed by atoms with van der Waals surface area (Å²) in [5, 5.41) is 0. The van der Waals surface area contributed by atoms with Crippen molar-refractivity contribution in [3.8, 4) is 5.75 Å². The predicted molar refractivity (Wildman–Crippen MR) is 84.1 cm³/mol. The van der Waals surface area contributed by atoms with Crippen molar-refractivity contribution in [1.29, 1.82) is 0 Å². The summed E-state index contributed by atoms with van der Waals surface area (Å²) in [4.78, 5) is 13.5. The molecular formula is C15H20N2O5S. The minimum Gasteiger partial charge on any atom is -0.482 e. The van der Waals surface area contributed by atoms with E-state index < -0.39 is 10.0 Å². The van der Waals surface area contributed by atoms with Gasteiger partial charge in [-0.3, -0.25) is 4.79 Å². The molecule has 23 heavy (non-hydrogen) atoms. The second-order valence-corrected chi connectivity index (χ2v) is 7.31. The Bertz CT molecular complexity index is 698. The summed E-state index contributed by atoms with van der Waals surface area (Å²) in [5.41, 5.74) is 0.490. The van der Waals surface area contributed by atoms with Crippen LogP contribution in [0.15, 0.2) is 23.1 Å². The highest BCUT2D eigenvalue weighted by Crippen LogP contribution is 2.34. The number of hydrogen-bond donors (Lipinski definition) is 1. The van der Waals surface area contributed by atoms with Gasteiger partial charge in [-0.25, -0.2) is 13.1 Å². The molecule has 1 aromatic rings. The minimum absolute atomic E-state index is 0.0236. The number of nitrogens with zero attached hydrogens (tertiary/aromatic N) is 1. The first-order chi connectivity index (χ1) is 11.0. The minimum atomic E-state index is -3.65. The maximum atomic E-state index is 12.4. The first-order valence-corrected chi connectivity index (χ1v) is 9.18. The summed E-state index contributed by atoms with van der Waals surface area (Å²) in [6.07, 6.45) is 1.74. The Morgan fingerprint density at radius 1 is 1.39 bits per heavy atom. The molecule has 1 atom stereocenters. The van der Waals surface area contributed by atoms with E-state index in [0.29, 0.717) is 24.6 Å². The fourth-order valence-electron chi connectivity index (χ4n) is 2.79. The number of nitrogens with one attached hydrogen (secondary N) is 1. The van der Waals surface area contributed by atoms with Gasteiger partial charge in [0.05, 0.1) is 16.7 Å². The van der Waals surface area contributed by atoms with Gasteiger partial charge in [0.1, 0.15) is 5.75 Å². The third kappa shape index (κ3) is 3.34. The molecule has 1 aromatic carbocycles. The number of rotatable bonds is 5. The lowest BCUT2D eigenvalue weighted by Gasteiger charge is -2.28. The van der Waals surface area contributed by atoms with Crippen LogP contribution in [0.2, 0.25) is 0 Å². The van der Waals surface area contributed by atoms with E-state index >= 15 is 0 Å². The van der Waals surface area contributed by atoms with Crippen molar-refractivity contribution in [1.82, 2.24) is 4.72 Å². The third-order valence-electron chi connectivity index (χ3n) is 4.02. The molecular weight excluding hydrogens is 320 g/mol. The van der Waals surface area contributed by atoms with Crippen molar-refractivity contribution >= 4 is 21.6 Å². The van der Waals surface area contributed by atoms with Crippen molar-refractivity contribution in [2.75, 3.05) is 31.2 Å². The molecule has 0 unspecified atom stereocenters. The van der Waals surface area contributed by atoms with E-state index in [1.165, 1.54) is 17.0 Å². The lowest BCUT2D eigenvalue weighted by molar-refractivity contribution is -0.121. The number of carbonyl (C=O) groups is 1. The van der Waals surface area contributed by atoms with Crippen LogP contribution in [0, 0.1) is 0 Å². The first kappa shape index (κ1) is 16.2. The number of amides is 1. The van der Waals surface area contributed by atoms with E-state index in [0.717, 1.165) is 12.8 Å². The molecule has 1 fully saturated rings. The van der Waals surface area contributed by atoms with Gasteiger partial charge in [-0.1, -0.05) is 0 Å². The second kappa shape index (κ2) is 6.46. The molecule has 1 amide bonds. The molecule has 0 bridgehead atoms. The number of fused-ring (bicyclic) bond motifs is 1. The van der Waals surface area contributed by atoms with Gasteiger partial charge in [-0.05, 0) is 38.0 Å². The molecule has 2 heterocycles. The van der Waals surface area contributed by atoms with Gasteiger partial charge in [0.2, 0.25) is 10.0 Å². The van der Waals surface area contributed by atoms with Crippen LogP contribution in [-0.2, 0) is 19.6 Å². The number of ether oxygens (including phenoxy) is 2. The summed E-state index contributed by atoms with van der Waals surface area (Å²) in [5.74, 6) is 0.339. The number of sulfonamides is 1. The molecule has 1 N–H and O–H groups in total. The van der Waals surface area contributed by atoms with Gasteiger partial charge in [0, 0.05) is 19.7 Å². The summed E-state index contributed by atoms with van der Waals surface area (Å²) in [6.45, 7) is 3.21. The van der Waals surface area contributed by atoms with Crippen molar-refractivity contribution in [3.05, 3.63) is 18.2 Å². The molecule has 2 aliphatic heterocycles. The van der Waals surface area contributed by atoms with Gasteiger partial charge >= 0.3 is 0 Å². The summed E-state index contributed by atoms with van der Waals surface area (Å²) in [7, 11) is -3.65. The number of carbonyl (C=O) groups excluding carboxylic acids is 1. The normalized spacial score (nSPS) is 21.2. The van der Waals surface area contributed by atoms with Crippen LogP contribution < -0.4 is 14.4 Å². The second-order valence-electron chi connectivity index (χ2n) is 5.54. The van der Waals surface area contributed by atoms with Gasteiger partial charge in [-0.2, -0.15) is 0 Å². The Hall–Kier alpha value is -1.64. The van der Waals surface area contributed by atoms with E-state index in [2.05, 4.69) is 4.72 Å². The van der Waals surface area contributed by atoms with Crippen molar-refractivity contribution in [2.45, 2.75) is 30.8 Å². The van der Waals surface area contributed by atoms with Crippen molar-refractivity contribution in [3.63, 3.8) is 0 Å². The van der Waals surface area contributed by atoms with Crippen LogP contribution >= 0.6 is 0 Å². The zero-order valence-corrected chi connectivity index (χ0v) is 13.8. The largest absolute Gasteiger partial charge is 0.482 e. The smallest absolute Gasteiger partial charge is 0.265 e. The fraction of sp³-hybridized carbons (Fsp3) is 0.533. The Labute approximate surface area is 135 Å². The van der Waals surface area contributed by atoms with E-state index in [1.807, 2.05) is 6.92 Å². The first-order valence-electron chi connectivity index (χ1n) is 7.70. The number of hydrogen-bond acceptors (Lipinski definition) is 5. The Morgan fingerprint density at radius 3 is 2.91 bits per heavy atom. The van der Waals surface area contributed by atoms with Crippen LogP contribution in [0.3, 0.4) is 0 Å². The molecule has 2 aliphatic rings. The topological polar surface area (TPSA) is 84.9 Å². The van der Waals surface area contributed by atoms with E-state index in [4.69, 9.17) is 9.47 Å². The molecule has 1 saturated heterocycles. The highest BCUT2D eigenvalue weighted by atomic mass is 32.2. The van der Waals surface area contributed by atoms with Gasteiger partial charge in [-0.15, -0.1) is 0 Å². The van der Waals surface area contributed by atoms with Crippen molar-refractivity contribution < 1.29 is 22.7 Å². The molecule has 3 rings (SSSR count). The summed E-state index contributed by atoms with van der Waals surface area (Å²) < 4.78 is 38.2. The average molecular weight is 340 g/mol. The number of benzene rings is 1. The zero-order valence-electron chi connectivity index (χ0n) is 12.9.